The Hall–Kier alpha value is -2.61. The molecule has 27 heavy (non-hydrogen) atoms. The second-order valence-electron chi connectivity index (χ2n) is 7.55. The van der Waals surface area contributed by atoms with Crippen molar-refractivity contribution in [1.82, 2.24) is 5.32 Å². The maximum Gasteiger partial charge on any atom is 0.159 e. The monoisotopic (exact) mass is 361 g/mol. The SMILES string of the molecule is C=C(C)C1=C(C)NC(/C(C)=C\C)=C(C(=C)C)C1c1ccc(C(C)=O)cc1C. The fourth-order valence-electron chi connectivity index (χ4n) is 3.84. The number of carbonyl (C=O) groups excluding carboxylic acids is 1. The predicted molar refractivity (Wildman–Crippen MR) is 116 cm³/mol. The fourth-order valence-corrected chi connectivity index (χ4v) is 3.84. The van der Waals surface area contributed by atoms with Crippen LogP contribution in [0.5, 0.6) is 0 Å². The standard InChI is InChI=1S/C25H31NO/c1-10-16(6)25-23(15(4)5)24(22(14(2)3)18(8)26-25)21-12-11-20(19(9)27)13-17(21)7/h10-13,24,26H,2,4H2,1,3,5-9H3/b16-10-. The molecule has 0 saturated carbocycles. The molecule has 0 radical (unpaired) electrons. The predicted octanol–water partition coefficient (Wildman–Crippen LogP) is 6.53. The van der Waals surface area contributed by atoms with Crippen molar-refractivity contribution in [1.29, 1.82) is 0 Å². The number of rotatable bonds is 5. The molecule has 1 aromatic carbocycles. The molecule has 142 valence electrons. The average Bonchev–Trinajstić information content (AvgIpc) is 2.59. The quantitative estimate of drug-likeness (QED) is 0.604. The normalized spacial score (nSPS) is 17.7. The van der Waals surface area contributed by atoms with Crippen LogP contribution in [0.25, 0.3) is 0 Å². The van der Waals surface area contributed by atoms with E-state index in [-0.39, 0.29) is 11.7 Å². The van der Waals surface area contributed by atoms with E-state index < -0.39 is 0 Å². The first-order valence-corrected chi connectivity index (χ1v) is 9.38. The van der Waals surface area contributed by atoms with Gasteiger partial charge < -0.3 is 5.32 Å². The molecule has 1 aliphatic rings. The number of carbonyl (C=O) groups is 1. The third-order valence-corrected chi connectivity index (χ3v) is 5.30. The molecule has 0 spiro atoms. The van der Waals surface area contributed by atoms with Gasteiger partial charge in [0.15, 0.2) is 5.78 Å². The van der Waals surface area contributed by atoms with E-state index in [0.29, 0.717) is 0 Å². The number of benzene rings is 1. The number of aryl methyl sites for hydroxylation is 1. The zero-order chi connectivity index (χ0) is 20.5. The van der Waals surface area contributed by atoms with Crippen LogP contribution in [-0.2, 0) is 0 Å². The van der Waals surface area contributed by atoms with Gasteiger partial charge in [-0.3, -0.25) is 4.79 Å². The minimum Gasteiger partial charge on any atom is -0.358 e. The van der Waals surface area contributed by atoms with Gasteiger partial charge in [-0.25, -0.2) is 0 Å². The molecular weight excluding hydrogens is 330 g/mol. The minimum absolute atomic E-state index is 0.0483. The molecule has 1 atom stereocenters. The number of hydrogen-bond acceptors (Lipinski definition) is 2. The van der Waals surface area contributed by atoms with Crippen molar-refractivity contribution in [2.45, 2.75) is 54.4 Å². The summed E-state index contributed by atoms with van der Waals surface area (Å²) >= 11 is 0. The Bertz CT molecular complexity index is 922. The molecule has 1 N–H and O–H groups in total. The molecule has 0 aliphatic carbocycles. The van der Waals surface area contributed by atoms with Crippen molar-refractivity contribution in [2.24, 2.45) is 0 Å². The highest BCUT2D eigenvalue weighted by Crippen LogP contribution is 2.45. The van der Waals surface area contributed by atoms with E-state index in [4.69, 9.17) is 0 Å². The van der Waals surface area contributed by atoms with Crippen LogP contribution >= 0.6 is 0 Å². The summed E-state index contributed by atoms with van der Waals surface area (Å²) in [5.74, 6) is 0.134. The number of nitrogens with one attached hydrogen (secondary N) is 1. The highest BCUT2D eigenvalue weighted by molar-refractivity contribution is 5.94. The van der Waals surface area contributed by atoms with Crippen LogP contribution in [0.3, 0.4) is 0 Å². The molecule has 2 nitrogen and oxygen atoms in total. The fraction of sp³-hybridized carbons (Fsp3) is 0.320. The van der Waals surface area contributed by atoms with Gasteiger partial charge in [0.1, 0.15) is 0 Å². The van der Waals surface area contributed by atoms with Gasteiger partial charge in [0, 0.05) is 22.9 Å². The first-order chi connectivity index (χ1) is 12.6. The molecule has 1 heterocycles. The summed E-state index contributed by atoms with van der Waals surface area (Å²) in [6, 6.07) is 6.00. The van der Waals surface area contributed by atoms with E-state index in [9.17, 15) is 4.79 Å². The molecular formula is C25H31NO. The lowest BCUT2D eigenvalue weighted by molar-refractivity contribution is 0.101. The smallest absolute Gasteiger partial charge is 0.159 e. The van der Waals surface area contributed by atoms with E-state index in [2.05, 4.69) is 72.2 Å². The number of hydrogen-bond donors (Lipinski definition) is 1. The molecule has 0 fully saturated rings. The zero-order valence-corrected chi connectivity index (χ0v) is 17.7. The maximum absolute atomic E-state index is 11.8. The molecule has 1 aromatic rings. The molecule has 0 amide bonds. The zero-order valence-electron chi connectivity index (χ0n) is 17.7. The van der Waals surface area contributed by atoms with Crippen molar-refractivity contribution in [3.63, 3.8) is 0 Å². The van der Waals surface area contributed by atoms with E-state index in [1.54, 1.807) is 6.92 Å². The van der Waals surface area contributed by atoms with Crippen LogP contribution in [0.15, 0.2) is 76.7 Å². The Labute approximate surface area is 164 Å². The van der Waals surface area contributed by atoms with Crippen LogP contribution in [0, 0.1) is 6.92 Å². The lowest BCUT2D eigenvalue weighted by Gasteiger charge is -2.35. The van der Waals surface area contributed by atoms with Gasteiger partial charge in [-0.05, 0) is 82.4 Å². The molecule has 2 heteroatoms. The van der Waals surface area contributed by atoms with Crippen molar-refractivity contribution in [3.05, 3.63) is 93.4 Å². The van der Waals surface area contributed by atoms with Gasteiger partial charge in [0.05, 0.1) is 0 Å². The largest absolute Gasteiger partial charge is 0.358 e. The van der Waals surface area contributed by atoms with Crippen LogP contribution < -0.4 is 5.32 Å². The summed E-state index contributed by atoms with van der Waals surface area (Å²) in [5, 5.41) is 3.59. The Morgan fingerprint density at radius 3 is 2.07 bits per heavy atom. The van der Waals surface area contributed by atoms with Crippen molar-refractivity contribution in [2.75, 3.05) is 0 Å². The van der Waals surface area contributed by atoms with Gasteiger partial charge >= 0.3 is 0 Å². The first kappa shape index (κ1) is 20.7. The molecule has 0 aromatic heterocycles. The Morgan fingerprint density at radius 1 is 1.04 bits per heavy atom. The number of dihydropyridines is 1. The highest BCUT2D eigenvalue weighted by atomic mass is 16.1. The van der Waals surface area contributed by atoms with Gasteiger partial charge in [0.25, 0.3) is 0 Å². The van der Waals surface area contributed by atoms with Crippen LogP contribution in [-0.4, -0.2) is 5.78 Å². The molecule has 2 rings (SSSR count). The van der Waals surface area contributed by atoms with Gasteiger partial charge in [0.2, 0.25) is 0 Å². The number of Topliss-reactive ketones (excluding diaryl/α,β-unsaturated/α-hetero) is 1. The third-order valence-electron chi connectivity index (χ3n) is 5.30. The summed E-state index contributed by atoms with van der Waals surface area (Å²) in [6.07, 6.45) is 2.12. The Balaban J connectivity index is 2.85. The topological polar surface area (TPSA) is 29.1 Å². The lowest BCUT2D eigenvalue weighted by Crippen LogP contribution is -2.27. The van der Waals surface area contributed by atoms with Crippen LogP contribution in [0.1, 0.15) is 68.9 Å². The van der Waals surface area contributed by atoms with Gasteiger partial charge in [-0.1, -0.05) is 42.5 Å². The minimum atomic E-state index is 0.0483. The maximum atomic E-state index is 11.8. The summed E-state index contributed by atoms with van der Waals surface area (Å²) < 4.78 is 0. The lowest BCUT2D eigenvalue weighted by atomic mass is 9.73. The van der Waals surface area contributed by atoms with E-state index in [1.807, 2.05) is 12.1 Å². The van der Waals surface area contributed by atoms with Gasteiger partial charge in [-0.2, -0.15) is 0 Å². The number of ketones is 1. The molecule has 0 saturated heterocycles. The third kappa shape index (κ3) is 3.90. The van der Waals surface area contributed by atoms with Crippen molar-refractivity contribution < 1.29 is 4.79 Å². The van der Waals surface area contributed by atoms with Crippen molar-refractivity contribution >= 4 is 5.78 Å². The molecule has 0 bridgehead atoms. The second kappa shape index (κ2) is 7.96. The Morgan fingerprint density at radius 2 is 1.63 bits per heavy atom. The van der Waals surface area contributed by atoms with Crippen LogP contribution in [0.2, 0.25) is 0 Å². The first-order valence-electron chi connectivity index (χ1n) is 9.38. The van der Waals surface area contributed by atoms with Gasteiger partial charge in [-0.15, -0.1) is 0 Å². The summed E-state index contributed by atoms with van der Waals surface area (Å²) in [5.41, 5.74) is 10.9. The highest BCUT2D eigenvalue weighted by Gasteiger charge is 2.32. The Kier molecular flexibility index (Phi) is 6.10. The molecule has 1 aliphatic heterocycles. The van der Waals surface area contributed by atoms with E-state index >= 15 is 0 Å². The summed E-state index contributed by atoms with van der Waals surface area (Å²) in [4.78, 5) is 11.8. The summed E-state index contributed by atoms with van der Waals surface area (Å²) in [7, 11) is 0. The molecule has 1 unspecified atom stereocenters. The summed E-state index contributed by atoms with van der Waals surface area (Å²) in [6.45, 7) is 22.6. The second-order valence-corrected chi connectivity index (χ2v) is 7.55. The number of allylic oxidation sites excluding steroid dienone is 7. The van der Waals surface area contributed by atoms with Crippen molar-refractivity contribution in [3.8, 4) is 0 Å². The van der Waals surface area contributed by atoms with Crippen LogP contribution in [0.4, 0.5) is 0 Å². The van der Waals surface area contributed by atoms with E-state index in [1.165, 1.54) is 22.3 Å². The average molecular weight is 362 g/mol. The van der Waals surface area contributed by atoms with E-state index in [0.717, 1.165) is 33.7 Å².